The molecule has 0 atom stereocenters. The first-order valence-electron chi connectivity index (χ1n) is 5.19. The molecule has 1 aromatic rings. The van der Waals surface area contributed by atoms with E-state index in [4.69, 9.17) is 10.7 Å². The van der Waals surface area contributed by atoms with E-state index in [0.29, 0.717) is 12.1 Å². The summed E-state index contributed by atoms with van der Waals surface area (Å²) in [6.45, 7) is 7.48. The van der Waals surface area contributed by atoms with Gasteiger partial charge in [-0.2, -0.15) is 0 Å². The lowest BCUT2D eigenvalue weighted by Gasteiger charge is -2.07. The number of rotatable bonds is 4. The third-order valence-electron chi connectivity index (χ3n) is 2.15. The van der Waals surface area contributed by atoms with Crippen LogP contribution in [0.2, 0.25) is 0 Å². The highest BCUT2D eigenvalue weighted by Gasteiger charge is 2.14. The van der Waals surface area contributed by atoms with Gasteiger partial charge in [0.05, 0.1) is 4.90 Å². The van der Waals surface area contributed by atoms with E-state index in [1.54, 1.807) is 19.9 Å². The molecule has 0 bridgehead atoms. The molecule has 4 nitrogen and oxygen atoms in total. The van der Waals surface area contributed by atoms with Crippen molar-refractivity contribution in [2.24, 2.45) is 0 Å². The zero-order valence-electron chi connectivity index (χ0n) is 10.2. The Balaban J connectivity index is 3.07. The molecule has 0 unspecified atom stereocenters. The second-order valence-corrected chi connectivity index (χ2v) is 6.68. The molecule has 0 saturated heterocycles. The highest BCUT2D eigenvalue weighted by molar-refractivity contribution is 8.13. The molecule has 98 valence electrons. The zero-order chi connectivity index (χ0) is 13.9. The van der Waals surface area contributed by atoms with Gasteiger partial charge in [0.25, 0.3) is 15.0 Å². The quantitative estimate of drug-likeness (QED) is 0.682. The minimum absolute atomic E-state index is 0.0790. The number of nitrogens with one attached hydrogen (secondary N) is 1. The van der Waals surface area contributed by atoms with E-state index in [2.05, 4.69) is 11.9 Å². The van der Waals surface area contributed by atoms with Gasteiger partial charge in [0.15, 0.2) is 0 Å². The average Bonchev–Trinajstić information content (AvgIpc) is 2.23. The minimum Gasteiger partial charge on any atom is -0.348 e. The molecular formula is C12H14ClNO3S. The smallest absolute Gasteiger partial charge is 0.261 e. The fraction of sp³-hybridized carbons (Fsp3) is 0.250. The second kappa shape index (κ2) is 5.54. The van der Waals surface area contributed by atoms with Crippen molar-refractivity contribution in [3.63, 3.8) is 0 Å². The van der Waals surface area contributed by atoms with Crippen molar-refractivity contribution in [2.75, 3.05) is 6.54 Å². The van der Waals surface area contributed by atoms with Gasteiger partial charge in [0.2, 0.25) is 0 Å². The Morgan fingerprint density at radius 2 is 2.00 bits per heavy atom. The predicted molar refractivity (Wildman–Crippen MR) is 71.4 cm³/mol. The summed E-state index contributed by atoms with van der Waals surface area (Å²) < 4.78 is 22.5. The molecule has 0 aromatic heterocycles. The third kappa shape index (κ3) is 4.16. The van der Waals surface area contributed by atoms with Gasteiger partial charge in [-0.05, 0) is 37.6 Å². The first kappa shape index (κ1) is 14.7. The van der Waals surface area contributed by atoms with Gasteiger partial charge < -0.3 is 5.32 Å². The van der Waals surface area contributed by atoms with Crippen LogP contribution in [0.25, 0.3) is 0 Å². The molecule has 1 N–H and O–H groups in total. The molecule has 1 rings (SSSR count). The van der Waals surface area contributed by atoms with E-state index in [9.17, 15) is 13.2 Å². The number of hydrogen-bond acceptors (Lipinski definition) is 3. The highest BCUT2D eigenvalue weighted by Crippen LogP contribution is 2.18. The fourth-order valence-corrected chi connectivity index (χ4v) is 2.21. The number of aryl methyl sites for hydroxylation is 1. The molecular weight excluding hydrogens is 274 g/mol. The lowest BCUT2D eigenvalue weighted by atomic mass is 10.1. The van der Waals surface area contributed by atoms with E-state index < -0.39 is 9.05 Å². The topological polar surface area (TPSA) is 63.2 Å². The lowest BCUT2D eigenvalue weighted by molar-refractivity contribution is 0.0956. The van der Waals surface area contributed by atoms with Crippen LogP contribution in [0.15, 0.2) is 35.2 Å². The average molecular weight is 288 g/mol. The van der Waals surface area contributed by atoms with Crippen LogP contribution in [-0.4, -0.2) is 20.9 Å². The molecule has 18 heavy (non-hydrogen) atoms. The van der Waals surface area contributed by atoms with Crippen molar-refractivity contribution in [3.8, 4) is 0 Å². The van der Waals surface area contributed by atoms with Crippen molar-refractivity contribution in [2.45, 2.75) is 18.7 Å². The molecule has 1 aromatic carbocycles. The number of carbonyl (C=O) groups is 1. The Morgan fingerprint density at radius 3 is 2.50 bits per heavy atom. The minimum atomic E-state index is -3.84. The summed E-state index contributed by atoms with van der Waals surface area (Å²) in [7, 11) is 1.42. The normalized spacial score (nSPS) is 11.1. The van der Waals surface area contributed by atoms with Crippen LogP contribution >= 0.6 is 10.7 Å². The van der Waals surface area contributed by atoms with Gasteiger partial charge in [-0.3, -0.25) is 4.79 Å². The van der Waals surface area contributed by atoms with Crippen LogP contribution < -0.4 is 5.32 Å². The third-order valence-corrected chi connectivity index (χ3v) is 3.48. The number of hydrogen-bond donors (Lipinski definition) is 1. The summed E-state index contributed by atoms with van der Waals surface area (Å²) in [4.78, 5) is 11.7. The van der Waals surface area contributed by atoms with Gasteiger partial charge in [-0.25, -0.2) is 8.42 Å². The summed E-state index contributed by atoms with van der Waals surface area (Å²) in [5, 5.41) is 2.63. The molecule has 0 heterocycles. The second-order valence-electron chi connectivity index (χ2n) is 4.11. The van der Waals surface area contributed by atoms with E-state index in [0.717, 1.165) is 5.57 Å². The Morgan fingerprint density at radius 1 is 1.39 bits per heavy atom. The molecule has 0 fully saturated rings. The highest BCUT2D eigenvalue weighted by atomic mass is 35.7. The molecule has 0 saturated carbocycles. The van der Waals surface area contributed by atoms with Crippen LogP contribution in [0.3, 0.4) is 0 Å². The summed E-state index contributed by atoms with van der Waals surface area (Å²) in [5.74, 6) is -0.358. The zero-order valence-corrected chi connectivity index (χ0v) is 11.7. The van der Waals surface area contributed by atoms with E-state index >= 15 is 0 Å². The Kier molecular flexibility index (Phi) is 4.53. The molecule has 0 aliphatic rings. The van der Waals surface area contributed by atoms with Crippen LogP contribution in [-0.2, 0) is 9.05 Å². The summed E-state index contributed by atoms with van der Waals surface area (Å²) in [6, 6.07) is 4.26. The number of halogens is 1. The summed E-state index contributed by atoms with van der Waals surface area (Å²) >= 11 is 0. The maximum atomic E-state index is 11.8. The first-order valence-corrected chi connectivity index (χ1v) is 7.50. The van der Waals surface area contributed by atoms with Gasteiger partial charge in [0, 0.05) is 22.8 Å². The molecule has 0 radical (unpaired) electrons. The van der Waals surface area contributed by atoms with Gasteiger partial charge in [0.1, 0.15) is 0 Å². The van der Waals surface area contributed by atoms with Crippen LogP contribution in [0.5, 0.6) is 0 Å². The van der Waals surface area contributed by atoms with Gasteiger partial charge >= 0.3 is 0 Å². The molecule has 1 amide bonds. The molecule has 6 heteroatoms. The van der Waals surface area contributed by atoms with E-state index in [1.165, 1.54) is 12.1 Å². The molecule has 0 spiro atoms. The monoisotopic (exact) mass is 287 g/mol. The maximum Gasteiger partial charge on any atom is 0.261 e. The number of carbonyl (C=O) groups excluding carboxylic acids is 1. The SMILES string of the molecule is C=C(C)CNC(=O)c1cc(C)cc(S(=O)(=O)Cl)c1. The summed E-state index contributed by atoms with van der Waals surface area (Å²) in [5.41, 5.74) is 1.72. The first-order chi connectivity index (χ1) is 8.20. The van der Waals surface area contributed by atoms with Crippen molar-refractivity contribution in [1.82, 2.24) is 5.32 Å². The van der Waals surface area contributed by atoms with Crippen LogP contribution in [0.4, 0.5) is 0 Å². The Hall–Kier alpha value is -1.33. The Bertz CT molecular complexity index is 593. The van der Waals surface area contributed by atoms with Gasteiger partial charge in [-0.15, -0.1) is 0 Å². The van der Waals surface area contributed by atoms with Crippen molar-refractivity contribution in [3.05, 3.63) is 41.5 Å². The lowest BCUT2D eigenvalue weighted by Crippen LogP contribution is -2.25. The van der Waals surface area contributed by atoms with Crippen LogP contribution in [0.1, 0.15) is 22.8 Å². The summed E-state index contributed by atoms with van der Waals surface area (Å²) in [6.07, 6.45) is 0. The Labute approximate surface area is 111 Å². The molecule has 0 aliphatic carbocycles. The number of amides is 1. The molecule has 0 aliphatic heterocycles. The van der Waals surface area contributed by atoms with Gasteiger partial charge in [-0.1, -0.05) is 12.2 Å². The van der Waals surface area contributed by atoms with Crippen molar-refractivity contribution in [1.29, 1.82) is 0 Å². The van der Waals surface area contributed by atoms with Crippen molar-refractivity contribution < 1.29 is 13.2 Å². The van der Waals surface area contributed by atoms with E-state index in [-0.39, 0.29) is 16.4 Å². The van der Waals surface area contributed by atoms with Crippen LogP contribution in [0, 0.1) is 6.92 Å². The fourth-order valence-electron chi connectivity index (χ4n) is 1.35. The predicted octanol–water partition coefficient (Wildman–Crippen LogP) is 2.23. The largest absolute Gasteiger partial charge is 0.348 e. The van der Waals surface area contributed by atoms with E-state index in [1.807, 2.05) is 0 Å². The van der Waals surface area contributed by atoms with Crippen molar-refractivity contribution >= 4 is 25.6 Å². The maximum absolute atomic E-state index is 11.8. The number of benzene rings is 1. The standard InChI is InChI=1S/C12H14ClNO3S/c1-8(2)7-14-12(15)10-4-9(3)5-11(6-10)18(13,16)17/h4-6H,1,7H2,2-3H3,(H,14,15).